The molecule has 2 aliphatic rings. The highest BCUT2D eigenvalue weighted by Gasteiger charge is 2.47. The average molecular weight is 556 g/mol. The van der Waals surface area contributed by atoms with E-state index in [1.807, 2.05) is 66.5 Å². The number of amides is 2. The zero-order chi connectivity index (χ0) is 29.0. The molecule has 0 aromatic heterocycles. The van der Waals surface area contributed by atoms with Crippen LogP contribution < -0.4 is 10.6 Å². The van der Waals surface area contributed by atoms with Crippen molar-refractivity contribution in [2.75, 3.05) is 20.2 Å². The quantitative estimate of drug-likeness (QED) is 0.332. The molecule has 8 heteroatoms. The van der Waals surface area contributed by atoms with Crippen molar-refractivity contribution in [2.24, 2.45) is 5.41 Å². The van der Waals surface area contributed by atoms with Gasteiger partial charge in [0, 0.05) is 25.0 Å². The molecule has 0 spiro atoms. The van der Waals surface area contributed by atoms with E-state index in [0.717, 1.165) is 34.2 Å². The van der Waals surface area contributed by atoms with E-state index in [4.69, 9.17) is 4.74 Å². The Hall–Kier alpha value is -4.17. The van der Waals surface area contributed by atoms with Gasteiger partial charge >= 0.3 is 12.1 Å². The van der Waals surface area contributed by atoms with Gasteiger partial charge in [0.05, 0.1) is 5.41 Å². The number of carboxylic acid groups (broad SMARTS) is 1. The number of hydrogen-bond acceptors (Lipinski definition) is 5. The topological polar surface area (TPSA) is 108 Å². The highest BCUT2D eigenvalue weighted by Crippen LogP contribution is 2.44. The van der Waals surface area contributed by atoms with E-state index >= 15 is 0 Å². The molecule has 0 saturated heterocycles. The van der Waals surface area contributed by atoms with Crippen molar-refractivity contribution in [3.8, 4) is 11.1 Å². The summed E-state index contributed by atoms with van der Waals surface area (Å²) in [7, 11) is 1.83. The summed E-state index contributed by atoms with van der Waals surface area (Å²) in [5.74, 6) is -1.53. The second kappa shape index (κ2) is 12.1. The van der Waals surface area contributed by atoms with Crippen LogP contribution in [0.3, 0.4) is 0 Å². The van der Waals surface area contributed by atoms with Crippen molar-refractivity contribution in [1.29, 1.82) is 0 Å². The number of alkyl carbamates (subject to hydrolysis) is 1. The Balaban J connectivity index is 1.19. The van der Waals surface area contributed by atoms with Gasteiger partial charge in [0.15, 0.2) is 0 Å². The number of carbonyl (C=O) groups is 3. The van der Waals surface area contributed by atoms with Gasteiger partial charge in [-0.25, -0.2) is 9.59 Å². The summed E-state index contributed by atoms with van der Waals surface area (Å²) >= 11 is 0. The largest absolute Gasteiger partial charge is 0.480 e. The lowest BCUT2D eigenvalue weighted by Gasteiger charge is -2.32. The van der Waals surface area contributed by atoms with E-state index < -0.39 is 29.6 Å². The third-order valence-electron chi connectivity index (χ3n) is 8.51. The van der Waals surface area contributed by atoms with Crippen LogP contribution in [-0.2, 0) is 20.9 Å². The van der Waals surface area contributed by atoms with E-state index in [0.29, 0.717) is 19.4 Å². The highest BCUT2D eigenvalue weighted by molar-refractivity contribution is 5.88. The first-order chi connectivity index (χ1) is 19.8. The van der Waals surface area contributed by atoms with Crippen LogP contribution in [0.15, 0.2) is 78.9 Å². The minimum atomic E-state index is -1.10. The second-order valence-electron chi connectivity index (χ2n) is 11.4. The molecule has 0 aliphatic heterocycles. The molecule has 0 radical (unpaired) electrons. The molecule has 41 heavy (non-hydrogen) atoms. The van der Waals surface area contributed by atoms with Crippen molar-refractivity contribution in [2.45, 2.75) is 50.7 Å². The van der Waals surface area contributed by atoms with Gasteiger partial charge in [0.25, 0.3) is 0 Å². The third kappa shape index (κ3) is 6.12. The van der Waals surface area contributed by atoms with E-state index in [-0.39, 0.29) is 25.0 Å². The van der Waals surface area contributed by atoms with Crippen LogP contribution in [0.5, 0.6) is 0 Å². The van der Waals surface area contributed by atoms with Crippen LogP contribution in [0.2, 0.25) is 0 Å². The standard InChI is InChI=1S/C33H37N3O5/c1-33(31(39)34-28(30(37)38)20-36(2)19-22-11-4-3-5-12-22)18-10-17-29(33)35-32(40)41-21-27-25-15-8-6-13-23(25)24-14-7-9-16-26(24)27/h3-9,11-16,27-29H,10,17-21H2,1-2H3,(H,34,39)(H,35,40)(H,37,38). The number of rotatable bonds is 10. The summed E-state index contributed by atoms with van der Waals surface area (Å²) in [5, 5.41) is 15.5. The maximum Gasteiger partial charge on any atom is 0.407 e. The fourth-order valence-corrected chi connectivity index (χ4v) is 6.23. The summed E-state index contributed by atoms with van der Waals surface area (Å²) in [6, 6.07) is 24.5. The molecule has 5 rings (SSSR count). The fourth-order valence-electron chi connectivity index (χ4n) is 6.23. The van der Waals surface area contributed by atoms with E-state index in [2.05, 4.69) is 34.9 Å². The predicted molar refractivity (Wildman–Crippen MR) is 156 cm³/mol. The number of ether oxygens (including phenoxy) is 1. The van der Waals surface area contributed by atoms with Gasteiger partial charge in [-0.1, -0.05) is 85.3 Å². The molecule has 8 nitrogen and oxygen atoms in total. The number of nitrogens with one attached hydrogen (secondary N) is 2. The summed E-state index contributed by atoms with van der Waals surface area (Å²) in [5.41, 5.74) is 4.67. The van der Waals surface area contributed by atoms with Gasteiger partial charge in [-0.15, -0.1) is 0 Å². The van der Waals surface area contributed by atoms with Gasteiger partial charge in [-0.05, 0) is 54.6 Å². The first-order valence-electron chi connectivity index (χ1n) is 14.1. The van der Waals surface area contributed by atoms with Crippen molar-refractivity contribution in [3.05, 3.63) is 95.6 Å². The molecule has 3 unspecified atom stereocenters. The zero-order valence-electron chi connectivity index (χ0n) is 23.5. The molecule has 3 aromatic carbocycles. The number of carbonyl (C=O) groups excluding carboxylic acids is 2. The van der Waals surface area contributed by atoms with Crippen molar-refractivity contribution in [1.82, 2.24) is 15.5 Å². The molecule has 0 heterocycles. The van der Waals surface area contributed by atoms with Gasteiger partial charge in [-0.3, -0.25) is 9.69 Å². The minimum Gasteiger partial charge on any atom is -0.480 e. The first kappa shape index (κ1) is 28.4. The Kier molecular flexibility index (Phi) is 8.40. The molecule has 2 aliphatic carbocycles. The zero-order valence-corrected chi connectivity index (χ0v) is 23.5. The average Bonchev–Trinajstić information content (AvgIpc) is 3.50. The smallest absolute Gasteiger partial charge is 0.407 e. The number of benzene rings is 3. The van der Waals surface area contributed by atoms with Crippen molar-refractivity contribution >= 4 is 18.0 Å². The van der Waals surface area contributed by atoms with Gasteiger partial charge in [0.1, 0.15) is 12.6 Å². The Morgan fingerprint density at radius 3 is 2.22 bits per heavy atom. The van der Waals surface area contributed by atoms with Crippen molar-refractivity contribution in [3.63, 3.8) is 0 Å². The van der Waals surface area contributed by atoms with Gasteiger partial charge < -0.3 is 20.5 Å². The van der Waals surface area contributed by atoms with E-state index in [1.54, 1.807) is 6.92 Å². The molecule has 1 fully saturated rings. The molecular formula is C33H37N3O5. The Morgan fingerprint density at radius 2 is 1.59 bits per heavy atom. The number of nitrogens with zero attached hydrogens (tertiary/aromatic N) is 1. The predicted octanol–water partition coefficient (Wildman–Crippen LogP) is 4.79. The van der Waals surface area contributed by atoms with E-state index in [9.17, 15) is 19.5 Å². The SMILES string of the molecule is CN(Cc1ccccc1)CC(NC(=O)C1(C)CCCC1NC(=O)OCC1c2ccccc2-c2ccccc21)C(=O)O. The summed E-state index contributed by atoms with van der Waals surface area (Å²) in [4.78, 5) is 40.4. The first-order valence-corrected chi connectivity index (χ1v) is 14.1. The lowest BCUT2D eigenvalue weighted by atomic mass is 9.83. The maximum atomic E-state index is 13.5. The monoisotopic (exact) mass is 555 g/mol. The van der Waals surface area contributed by atoms with E-state index in [1.165, 1.54) is 0 Å². The minimum absolute atomic E-state index is 0.0596. The van der Waals surface area contributed by atoms with Crippen LogP contribution in [0.25, 0.3) is 11.1 Å². The van der Waals surface area contributed by atoms with Crippen LogP contribution in [-0.4, -0.2) is 60.3 Å². The van der Waals surface area contributed by atoms with Crippen LogP contribution in [0.1, 0.15) is 48.8 Å². The normalized spacial score (nSPS) is 20.2. The molecular weight excluding hydrogens is 518 g/mol. The molecule has 0 bridgehead atoms. The number of likely N-dealkylation sites (N-methyl/N-ethyl adjacent to an activating group) is 1. The third-order valence-corrected chi connectivity index (χ3v) is 8.51. The number of fused-ring (bicyclic) bond motifs is 3. The Bertz CT molecular complexity index is 1370. The highest BCUT2D eigenvalue weighted by atomic mass is 16.5. The lowest BCUT2D eigenvalue weighted by molar-refractivity contribution is -0.144. The van der Waals surface area contributed by atoms with Gasteiger partial charge in [-0.2, -0.15) is 0 Å². The van der Waals surface area contributed by atoms with Crippen LogP contribution >= 0.6 is 0 Å². The Labute approximate surface area is 240 Å². The van der Waals surface area contributed by atoms with Crippen LogP contribution in [0.4, 0.5) is 4.79 Å². The molecule has 3 N–H and O–H groups in total. The van der Waals surface area contributed by atoms with Crippen molar-refractivity contribution < 1.29 is 24.2 Å². The molecule has 2 amide bonds. The molecule has 3 atom stereocenters. The summed E-state index contributed by atoms with van der Waals surface area (Å²) in [6.45, 7) is 2.68. The Morgan fingerprint density at radius 1 is 0.976 bits per heavy atom. The number of hydrogen-bond donors (Lipinski definition) is 3. The second-order valence-corrected chi connectivity index (χ2v) is 11.4. The molecule has 214 valence electrons. The summed E-state index contributed by atoms with van der Waals surface area (Å²) in [6.07, 6.45) is 1.32. The fraction of sp³-hybridized carbons (Fsp3) is 0.364. The molecule has 3 aromatic rings. The van der Waals surface area contributed by atoms with Gasteiger partial charge in [0.2, 0.25) is 5.91 Å². The van der Waals surface area contributed by atoms with Crippen LogP contribution in [0, 0.1) is 5.41 Å². The summed E-state index contributed by atoms with van der Waals surface area (Å²) < 4.78 is 5.72. The maximum absolute atomic E-state index is 13.5. The lowest BCUT2D eigenvalue weighted by Crippen LogP contribution is -2.56. The number of carboxylic acids is 1. The number of aliphatic carboxylic acids is 1. The molecule has 1 saturated carbocycles.